The van der Waals surface area contributed by atoms with Gasteiger partial charge in [0.25, 0.3) is 0 Å². The van der Waals surface area contributed by atoms with E-state index in [1.807, 2.05) is 121 Å². The van der Waals surface area contributed by atoms with Gasteiger partial charge in [-0.05, 0) is 212 Å². The van der Waals surface area contributed by atoms with Crippen molar-refractivity contribution in [2.45, 2.75) is 0 Å². The van der Waals surface area contributed by atoms with Gasteiger partial charge >= 0.3 is 0 Å². The van der Waals surface area contributed by atoms with Gasteiger partial charge in [0, 0.05) is 74.9 Å². The molecule has 0 aliphatic rings. The van der Waals surface area contributed by atoms with Crippen LogP contribution >= 0.6 is 0 Å². The monoisotopic (exact) mass is 1830 g/mol. The lowest BCUT2D eigenvalue weighted by Crippen LogP contribution is -2.01. The van der Waals surface area contributed by atoms with E-state index in [1.165, 1.54) is 125 Å². The fourth-order valence-electron chi connectivity index (χ4n) is 20.4. The fourth-order valence-corrected chi connectivity index (χ4v) is 20.4. The molecule has 0 bridgehead atoms. The van der Waals surface area contributed by atoms with Crippen molar-refractivity contribution in [3.05, 3.63) is 522 Å². The van der Waals surface area contributed by atoms with Gasteiger partial charge in [-0.15, -0.1) is 0 Å². The second-order valence-electron chi connectivity index (χ2n) is 35.9. The topological polar surface area (TPSA) is 129 Å². The summed E-state index contributed by atoms with van der Waals surface area (Å²) in [7, 11) is 0. The predicted octanol–water partition coefficient (Wildman–Crippen LogP) is 34.4. The first kappa shape index (κ1) is 86.2. The summed E-state index contributed by atoms with van der Waals surface area (Å²) in [5.41, 5.74) is 24.2. The van der Waals surface area contributed by atoms with Crippen molar-refractivity contribution in [2.24, 2.45) is 0 Å². The van der Waals surface area contributed by atoms with Gasteiger partial charge in [-0.3, -0.25) is 9.97 Å². The zero-order valence-corrected chi connectivity index (χ0v) is 78.1. The molecular weight excluding hydrogens is 1750 g/mol. The molecule has 22 aromatic carbocycles. The summed E-state index contributed by atoms with van der Waals surface area (Å²) in [6.07, 6.45) is 7.00. The third kappa shape index (κ3) is 16.8. The van der Waals surface area contributed by atoms with E-state index < -0.39 is 0 Å². The van der Waals surface area contributed by atoms with Crippen molar-refractivity contribution in [3.8, 4) is 169 Å². The van der Waals surface area contributed by atoms with Crippen LogP contribution in [0.3, 0.4) is 0 Å². The first-order valence-electron chi connectivity index (χ1n) is 48.4. The van der Waals surface area contributed by atoms with E-state index in [0.29, 0.717) is 40.8 Å². The Morgan fingerprint density at radius 3 is 0.583 bits per heavy atom. The highest BCUT2D eigenvalue weighted by atomic mass is 15.0. The van der Waals surface area contributed by atoms with Crippen LogP contribution in [0.25, 0.3) is 266 Å². The highest BCUT2D eigenvalue weighted by molar-refractivity contribution is 6.28. The van der Waals surface area contributed by atoms with Crippen molar-refractivity contribution in [1.29, 1.82) is 0 Å². The lowest BCUT2D eigenvalue weighted by molar-refractivity contribution is 1.07. The van der Waals surface area contributed by atoms with E-state index in [0.717, 1.165) is 100 Å². The molecule has 10 nitrogen and oxygen atoms in total. The Bertz CT molecular complexity index is 8380. The van der Waals surface area contributed by atoms with Gasteiger partial charge in [-0.25, -0.2) is 39.9 Å². The van der Waals surface area contributed by atoms with Gasteiger partial charge < -0.3 is 0 Å². The van der Waals surface area contributed by atoms with E-state index in [2.05, 4.69) is 386 Å². The molecular formula is C134H86N10. The quantitative estimate of drug-likeness (QED) is 0.0915. The largest absolute Gasteiger partial charge is 0.265 e. The number of fused-ring (bicyclic) bond motifs is 18. The average molecular weight is 1840 g/mol. The second kappa shape index (κ2) is 38.2. The summed E-state index contributed by atoms with van der Waals surface area (Å²) >= 11 is 0. The minimum atomic E-state index is 0.593. The molecule has 0 aliphatic carbocycles. The minimum Gasteiger partial charge on any atom is -0.265 e. The van der Waals surface area contributed by atoms with Crippen LogP contribution in [0.5, 0.6) is 0 Å². The van der Waals surface area contributed by atoms with Crippen molar-refractivity contribution < 1.29 is 0 Å². The molecule has 5 aromatic heterocycles. The van der Waals surface area contributed by atoms with Crippen LogP contribution in [0, 0.1) is 0 Å². The lowest BCUT2D eigenvalue weighted by atomic mass is 9.91. The Kier molecular flexibility index (Phi) is 22.8. The Balaban J connectivity index is 0.000000113. The first-order chi connectivity index (χ1) is 71.4. The summed E-state index contributed by atoms with van der Waals surface area (Å²) in [4.78, 5) is 48.1. The normalized spacial score (nSPS) is 11.3. The minimum absolute atomic E-state index is 0.593. The van der Waals surface area contributed by atoms with Gasteiger partial charge in [0.1, 0.15) is 0 Å². The number of aromatic nitrogens is 10. The molecule has 10 heteroatoms. The maximum atomic E-state index is 5.11. The molecule has 0 saturated heterocycles. The number of pyridine rings is 2. The standard InChI is InChI=1S/C46H30N2.C45H29N3.C43H27N5/c1-3-13-33(14-4-1)44-30-45(48-46(47-44)34-15-5-2-6-16-34)42-22-12-7-17-36(42)32-25-23-31(24-26-32)35-27-28-41-39-20-9-8-18-37(39)38-19-10-11-21-40(38)43(41)29-35;1-3-13-32(14-4-1)43-46-44(33-15-5-2-6-16-33)48-45(47-43)41-22-12-7-17-35(41)31-25-23-30(24-26-31)34-27-28-40-38-20-9-8-18-36(38)37-19-10-11-21-39(37)42(40)29-34;1-6-12-39(43-47-41(30-19-23-44-24-20-30)46-42(48-43)31-21-25-45-26-22-31)33(7-1)29-15-13-28(14-16-29)32-17-18-38-36-10-3-2-8-34(36)35-9-4-5-11-37(35)40(38)27-32/h1-30H;1-29H;1-27H. The van der Waals surface area contributed by atoms with Crippen molar-refractivity contribution in [3.63, 3.8) is 0 Å². The maximum absolute atomic E-state index is 5.11. The fraction of sp³-hybridized carbons (Fsp3) is 0. The first-order valence-corrected chi connectivity index (χ1v) is 48.4. The molecule has 0 atom stereocenters. The number of nitrogens with zero attached hydrogens (tertiary/aromatic N) is 10. The molecule has 5 heterocycles. The number of benzene rings is 22. The van der Waals surface area contributed by atoms with E-state index in [1.54, 1.807) is 24.8 Å². The Morgan fingerprint density at radius 1 is 0.0972 bits per heavy atom. The predicted molar refractivity (Wildman–Crippen MR) is 596 cm³/mol. The summed E-state index contributed by atoms with van der Waals surface area (Å²) in [5.74, 6) is 4.47. The SMILES string of the molecule is c1ccc(-c2cc(-c3ccccc3-c3ccc(-c4ccc5c6ccccc6c6ccccc6c5c4)cc3)nc(-c3ccccc3)n2)cc1.c1ccc(-c2nc(-c3ccccc3)nc(-c3ccccc3-c3ccc(-c4ccc5c6ccccc6c6ccccc6c5c4)cc3)n2)cc1.c1ccc(-c2nc(-c3ccncc3)nc(-c3ccncc3)n2)c(-c2ccc(-c3ccc4c5ccccc5c5ccccc5c4c3)cc2)c1. The van der Waals surface area contributed by atoms with Crippen molar-refractivity contribution in [2.75, 3.05) is 0 Å². The highest BCUT2D eigenvalue weighted by Gasteiger charge is 2.23. The average Bonchev–Trinajstić information content (AvgIpc) is 0.745. The van der Waals surface area contributed by atoms with Crippen LogP contribution in [0.2, 0.25) is 0 Å². The molecule has 0 amide bonds. The molecule has 144 heavy (non-hydrogen) atoms. The van der Waals surface area contributed by atoms with Gasteiger partial charge in [0.15, 0.2) is 40.8 Å². The molecule has 0 unspecified atom stereocenters. The number of hydrogen-bond acceptors (Lipinski definition) is 10. The van der Waals surface area contributed by atoms with Crippen molar-refractivity contribution >= 4 is 97.0 Å². The van der Waals surface area contributed by atoms with Gasteiger partial charge in [0.05, 0.1) is 11.4 Å². The molecule has 27 aromatic rings. The number of hydrogen-bond donors (Lipinski definition) is 0. The summed E-state index contributed by atoms with van der Waals surface area (Å²) in [6.45, 7) is 0. The van der Waals surface area contributed by atoms with Crippen LogP contribution in [-0.2, 0) is 0 Å². The van der Waals surface area contributed by atoms with E-state index in [4.69, 9.17) is 39.9 Å². The third-order valence-electron chi connectivity index (χ3n) is 27.4. The molecule has 27 rings (SSSR count). The molecule has 0 aliphatic heterocycles. The van der Waals surface area contributed by atoms with E-state index >= 15 is 0 Å². The highest BCUT2D eigenvalue weighted by Crippen LogP contribution is 2.45. The third-order valence-corrected chi connectivity index (χ3v) is 27.4. The molecule has 0 N–H and O–H groups in total. The van der Waals surface area contributed by atoms with Crippen LogP contribution in [-0.4, -0.2) is 49.8 Å². The molecule has 0 spiro atoms. The Morgan fingerprint density at radius 2 is 0.292 bits per heavy atom. The zero-order chi connectivity index (χ0) is 95.6. The van der Waals surface area contributed by atoms with Crippen molar-refractivity contribution in [1.82, 2.24) is 49.8 Å². The van der Waals surface area contributed by atoms with E-state index in [-0.39, 0.29) is 0 Å². The number of rotatable bonds is 15. The molecule has 0 radical (unpaired) electrons. The van der Waals surface area contributed by atoms with Crippen LogP contribution < -0.4 is 0 Å². The molecule has 0 saturated carbocycles. The summed E-state index contributed by atoms with van der Waals surface area (Å²) in [6, 6.07) is 175. The van der Waals surface area contributed by atoms with Crippen LogP contribution in [0.4, 0.5) is 0 Å². The second-order valence-corrected chi connectivity index (χ2v) is 35.9. The Labute approximate surface area is 832 Å². The Hall–Kier alpha value is -19.4. The lowest BCUT2D eigenvalue weighted by Gasteiger charge is -2.14. The van der Waals surface area contributed by atoms with E-state index in [9.17, 15) is 0 Å². The maximum Gasteiger partial charge on any atom is 0.164 e. The molecule has 0 fully saturated rings. The van der Waals surface area contributed by atoms with Gasteiger partial charge in [-0.1, -0.05) is 449 Å². The van der Waals surface area contributed by atoms with Gasteiger partial charge in [-0.2, -0.15) is 0 Å². The van der Waals surface area contributed by atoms with Crippen LogP contribution in [0.1, 0.15) is 0 Å². The van der Waals surface area contributed by atoms with Gasteiger partial charge in [0.2, 0.25) is 0 Å². The van der Waals surface area contributed by atoms with Crippen LogP contribution in [0.15, 0.2) is 522 Å². The summed E-state index contributed by atoms with van der Waals surface area (Å²) in [5, 5.41) is 23.1. The zero-order valence-electron chi connectivity index (χ0n) is 78.1. The summed E-state index contributed by atoms with van der Waals surface area (Å²) < 4.78 is 0. The smallest absolute Gasteiger partial charge is 0.164 e. The molecule has 672 valence electrons.